The smallest absolute Gasteiger partial charge is 0.321 e. The van der Waals surface area contributed by atoms with E-state index in [4.69, 9.17) is 0 Å². The number of hydrogen-bond acceptors (Lipinski definition) is 4. The lowest BCUT2D eigenvalue weighted by atomic mass is 9.65. The molecule has 0 radical (unpaired) electrons. The molecule has 36 heavy (non-hydrogen) atoms. The Morgan fingerprint density at radius 1 is 0.917 bits per heavy atom. The van der Waals surface area contributed by atoms with E-state index < -0.39 is 7.60 Å². The van der Waals surface area contributed by atoms with E-state index in [1.54, 1.807) is 0 Å². The first-order valence-corrected chi connectivity index (χ1v) is 15.5. The number of hydrogen-bond donors (Lipinski definition) is 2. The molecule has 2 aromatic rings. The first-order valence-electron chi connectivity index (χ1n) is 13.8. The second-order valence-electron chi connectivity index (χ2n) is 12.0. The molecule has 0 amide bonds. The number of aromatic nitrogens is 2. The van der Waals surface area contributed by atoms with E-state index in [1.165, 1.54) is 57.4 Å². The summed E-state index contributed by atoms with van der Waals surface area (Å²) in [6.45, 7) is 2.43. The predicted octanol–water partition coefficient (Wildman–Crippen LogP) is 5.32. The number of piperidine rings is 2. The van der Waals surface area contributed by atoms with Crippen molar-refractivity contribution in [3.05, 3.63) is 46.1 Å². The fraction of sp³-hybridized carbons (Fsp3) is 0.643. The fourth-order valence-electron chi connectivity index (χ4n) is 8.40. The van der Waals surface area contributed by atoms with Crippen molar-refractivity contribution in [3.63, 3.8) is 0 Å². The molecule has 194 valence electrons. The van der Waals surface area contributed by atoms with Gasteiger partial charge in [-0.15, -0.1) is 0 Å². The average molecular weight is 512 g/mol. The van der Waals surface area contributed by atoms with Crippen molar-refractivity contribution >= 4 is 24.7 Å². The van der Waals surface area contributed by atoms with Crippen LogP contribution in [0.25, 0.3) is 17.1 Å². The van der Waals surface area contributed by atoms with E-state index >= 15 is 0 Å². The highest BCUT2D eigenvalue weighted by Crippen LogP contribution is 2.48. The summed E-state index contributed by atoms with van der Waals surface area (Å²) in [5, 5.41) is 0. The molecule has 3 heterocycles. The van der Waals surface area contributed by atoms with Gasteiger partial charge in [0, 0.05) is 30.0 Å². The van der Waals surface area contributed by atoms with Gasteiger partial charge in [0.05, 0.1) is 11.0 Å². The summed E-state index contributed by atoms with van der Waals surface area (Å²) >= 11 is 0. The molecule has 2 saturated heterocycles. The summed E-state index contributed by atoms with van der Waals surface area (Å²) in [5.74, 6) is 3.42. The number of nitrogens with zero attached hydrogens (tertiary/aromatic N) is 3. The summed E-state index contributed by atoms with van der Waals surface area (Å²) in [7, 11) is -4.39. The zero-order valence-electron chi connectivity index (χ0n) is 21.1. The molecule has 2 N–H and O–H groups in total. The zero-order chi connectivity index (χ0) is 25.0. The summed E-state index contributed by atoms with van der Waals surface area (Å²) < 4.78 is 13.3. The van der Waals surface area contributed by atoms with Crippen molar-refractivity contribution in [3.8, 4) is 0 Å². The third-order valence-electron chi connectivity index (χ3n) is 9.39. The maximum Gasteiger partial charge on any atom is 0.349 e. The van der Waals surface area contributed by atoms with Gasteiger partial charge in [0.25, 0.3) is 5.56 Å². The quantitative estimate of drug-likeness (QED) is 0.540. The van der Waals surface area contributed by atoms with Crippen molar-refractivity contribution in [2.45, 2.75) is 95.3 Å². The molecule has 2 saturated carbocycles. The van der Waals surface area contributed by atoms with Gasteiger partial charge in [-0.25, -0.2) is 4.98 Å². The summed E-state index contributed by atoms with van der Waals surface area (Å²) in [6.07, 6.45) is 13.6. The van der Waals surface area contributed by atoms with Crippen molar-refractivity contribution in [2.24, 2.45) is 17.8 Å². The Hall–Kier alpha value is -1.79. The van der Waals surface area contributed by atoms with Gasteiger partial charge < -0.3 is 14.4 Å². The molecule has 3 unspecified atom stereocenters. The van der Waals surface area contributed by atoms with Crippen LogP contribution in [-0.4, -0.2) is 42.4 Å². The van der Waals surface area contributed by atoms with Gasteiger partial charge in [0.2, 0.25) is 0 Å². The Morgan fingerprint density at radius 2 is 1.58 bits per heavy atom. The van der Waals surface area contributed by atoms with E-state index in [9.17, 15) is 19.1 Å². The van der Waals surface area contributed by atoms with Crippen LogP contribution in [-0.2, 0) is 4.57 Å². The van der Waals surface area contributed by atoms with Crippen LogP contribution < -0.4 is 5.56 Å². The van der Waals surface area contributed by atoms with Crippen LogP contribution in [0.15, 0.2) is 34.9 Å². The Kier molecular flexibility index (Phi) is 6.48. The first-order chi connectivity index (χ1) is 17.2. The van der Waals surface area contributed by atoms with Gasteiger partial charge in [0.15, 0.2) is 0 Å². The van der Waals surface area contributed by atoms with Gasteiger partial charge in [-0.2, -0.15) is 0 Å². The highest BCUT2D eigenvalue weighted by molar-refractivity contribution is 7.55. The predicted molar refractivity (Wildman–Crippen MR) is 142 cm³/mol. The van der Waals surface area contributed by atoms with E-state index in [0.29, 0.717) is 23.6 Å². The topological polar surface area (TPSA) is 95.7 Å². The van der Waals surface area contributed by atoms with Crippen LogP contribution in [0.3, 0.4) is 0 Å². The summed E-state index contributed by atoms with van der Waals surface area (Å²) in [6, 6.07) is 9.39. The average Bonchev–Trinajstić information content (AvgIpc) is 2.80. The van der Waals surface area contributed by atoms with Gasteiger partial charge in [-0.05, 0) is 93.7 Å². The molecule has 4 fully saturated rings. The molecular formula is C28H38N3O4P. The molecule has 0 spiro atoms. The van der Waals surface area contributed by atoms with E-state index in [-0.39, 0.29) is 17.3 Å². The number of benzene rings is 1. The second-order valence-corrected chi connectivity index (χ2v) is 13.5. The minimum absolute atomic E-state index is 0.0715. The Bertz CT molecular complexity index is 1240. The Labute approximate surface area is 212 Å². The van der Waals surface area contributed by atoms with Gasteiger partial charge in [-0.3, -0.25) is 14.3 Å². The molecule has 2 aliphatic heterocycles. The van der Waals surface area contributed by atoms with Crippen LogP contribution in [0.2, 0.25) is 0 Å². The lowest BCUT2D eigenvalue weighted by molar-refractivity contribution is -0.0524. The van der Waals surface area contributed by atoms with Crippen LogP contribution in [0.1, 0.15) is 82.9 Å². The van der Waals surface area contributed by atoms with Crippen LogP contribution in [0, 0.1) is 17.8 Å². The fourth-order valence-corrected chi connectivity index (χ4v) is 8.74. The van der Waals surface area contributed by atoms with Gasteiger partial charge in [-0.1, -0.05) is 25.5 Å². The number of para-hydroxylation sites is 2. The third kappa shape index (κ3) is 4.76. The zero-order valence-corrected chi connectivity index (χ0v) is 22.0. The van der Waals surface area contributed by atoms with Crippen molar-refractivity contribution < 1.29 is 14.4 Å². The molecule has 8 heteroatoms. The monoisotopic (exact) mass is 511 g/mol. The minimum atomic E-state index is -4.39. The normalized spacial score (nSPS) is 35.4. The molecule has 2 aliphatic carbocycles. The molecule has 4 aliphatic rings. The number of fused-ring (bicyclic) bond motifs is 5. The van der Waals surface area contributed by atoms with E-state index in [1.807, 2.05) is 28.8 Å². The molecule has 7 nitrogen and oxygen atoms in total. The van der Waals surface area contributed by atoms with Crippen LogP contribution in [0.5, 0.6) is 0 Å². The highest BCUT2D eigenvalue weighted by Gasteiger charge is 2.46. The lowest BCUT2D eigenvalue weighted by Gasteiger charge is -2.55. The van der Waals surface area contributed by atoms with E-state index in [0.717, 1.165) is 41.9 Å². The lowest BCUT2D eigenvalue weighted by Crippen LogP contribution is -2.58. The number of rotatable bonds is 4. The highest BCUT2D eigenvalue weighted by atomic mass is 31.2. The summed E-state index contributed by atoms with van der Waals surface area (Å²) in [4.78, 5) is 39.6. The van der Waals surface area contributed by atoms with Gasteiger partial charge >= 0.3 is 7.60 Å². The van der Waals surface area contributed by atoms with Crippen LogP contribution in [0.4, 0.5) is 0 Å². The molecule has 1 aromatic carbocycles. The maximum atomic E-state index is 13.6. The minimum Gasteiger partial charge on any atom is -0.321 e. The largest absolute Gasteiger partial charge is 0.349 e. The van der Waals surface area contributed by atoms with Gasteiger partial charge in [0.1, 0.15) is 5.69 Å². The van der Waals surface area contributed by atoms with Crippen LogP contribution >= 0.6 is 7.60 Å². The molecule has 7 atom stereocenters. The first kappa shape index (κ1) is 24.5. The molecular weight excluding hydrogens is 473 g/mol. The molecule has 1 aromatic heterocycles. The Balaban J connectivity index is 1.33. The molecule has 6 rings (SSSR count). The second kappa shape index (κ2) is 9.50. The SMILES string of the molecule is CC1C[C@@H]2CC(N3[C@@H]4CCC[C@H]3CC(n3c(=O)c(/C=C/P(=O)(O)O)nc5ccccc53)C4)C[C@H](C1)C2. The van der Waals surface area contributed by atoms with Crippen molar-refractivity contribution in [1.29, 1.82) is 0 Å². The standard InChI is InChI=1S/C28H38N3O4P/c1-18-11-19-13-20(12-18)15-23(14-19)30-21-5-4-6-22(30)17-24(16-21)31-27-8-3-2-7-25(27)29-26(28(31)32)9-10-36(33,34)35/h2-3,7-10,18-24H,4-6,11-17H2,1H3,(H2,33,34,35)/b10-9+/t18?,19-,20+,21-,22+,23?,24?. The van der Waals surface area contributed by atoms with Crippen molar-refractivity contribution in [2.75, 3.05) is 0 Å². The van der Waals surface area contributed by atoms with Crippen molar-refractivity contribution in [1.82, 2.24) is 14.5 Å². The van der Waals surface area contributed by atoms with E-state index in [2.05, 4.69) is 16.8 Å². The maximum absolute atomic E-state index is 13.6. The Morgan fingerprint density at radius 3 is 2.25 bits per heavy atom. The third-order valence-corrected chi connectivity index (χ3v) is 9.93. The summed E-state index contributed by atoms with van der Waals surface area (Å²) in [5.41, 5.74) is 1.34. The molecule has 4 bridgehead atoms.